The Morgan fingerprint density at radius 1 is 0.964 bits per heavy atom. The fourth-order valence-corrected chi connectivity index (χ4v) is 3.64. The summed E-state index contributed by atoms with van der Waals surface area (Å²) in [5.74, 6) is 0.612. The summed E-state index contributed by atoms with van der Waals surface area (Å²) in [4.78, 5) is 18.4. The number of hydrogen-bond donors (Lipinski definition) is 1. The molecule has 1 aromatic heterocycles. The monoisotopic (exact) mass is 370 g/mol. The molecule has 0 saturated carbocycles. The number of nitrogens with zero attached hydrogens (tertiary/aromatic N) is 1. The van der Waals surface area contributed by atoms with Gasteiger partial charge in [-0.1, -0.05) is 54.6 Å². The maximum Gasteiger partial charge on any atom is 0.254 e. The van der Waals surface area contributed by atoms with Gasteiger partial charge in [-0.3, -0.25) is 4.79 Å². The highest BCUT2D eigenvalue weighted by Gasteiger charge is 2.26. The van der Waals surface area contributed by atoms with Crippen LogP contribution in [0.15, 0.2) is 85.1 Å². The summed E-state index contributed by atoms with van der Waals surface area (Å²) < 4.78 is 5.28. The zero-order valence-corrected chi connectivity index (χ0v) is 15.9. The van der Waals surface area contributed by atoms with Crippen molar-refractivity contribution in [1.82, 2.24) is 9.88 Å². The minimum absolute atomic E-state index is 0.0574. The number of methoxy groups -OCH3 is 1. The summed E-state index contributed by atoms with van der Waals surface area (Å²) in [6.45, 7) is 0. The first kappa shape index (κ1) is 17.9. The minimum Gasteiger partial charge on any atom is -0.497 e. The Balaban J connectivity index is 1.80. The molecule has 4 nitrogen and oxygen atoms in total. The Labute approximate surface area is 164 Å². The molecule has 0 fully saturated rings. The Hall–Kier alpha value is -3.53. The number of carbonyl (C=O) groups is 1. The first-order valence-corrected chi connectivity index (χ1v) is 9.21. The number of benzene rings is 3. The maximum atomic E-state index is 13.3. The average Bonchev–Trinajstić information content (AvgIpc) is 3.18. The molecule has 0 spiro atoms. The largest absolute Gasteiger partial charge is 0.497 e. The van der Waals surface area contributed by atoms with E-state index in [9.17, 15) is 4.79 Å². The molecule has 1 N–H and O–H groups in total. The van der Waals surface area contributed by atoms with Crippen molar-refractivity contribution in [3.63, 3.8) is 0 Å². The molecule has 0 aliphatic heterocycles. The normalized spacial score (nSPS) is 11.9. The molecule has 4 rings (SSSR count). The summed E-state index contributed by atoms with van der Waals surface area (Å²) in [5, 5.41) is 1.11. The van der Waals surface area contributed by atoms with Crippen molar-refractivity contribution in [2.75, 3.05) is 14.2 Å². The number of carbonyl (C=O) groups excluding carboxylic acids is 1. The van der Waals surface area contributed by atoms with Gasteiger partial charge in [0, 0.05) is 35.3 Å². The number of amides is 1. The van der Waals surface area contributed by atoms with Gasteiger partial charge in [0.25, 0.3) is 5.91 Å². The molecule has 0 saturated heterocycles. The van der Waals surface area contributed by atoms with Crippen molar-refractivity contribution >= 4 is 16.8 Å². The molecule has 3 aromatic carbocycles. The van der Waals surface area contributed by atoms with Gasteiger partial charge in [0.2, 0.25) is 0 Å². The number of aromatic nitrogens is 1. The Kier molecular flexibility index (Phi) is 4.85. The summed E-state index contributed by atoms with van der Waals surface area (Å²) >= 11 is 0. The first-order valence-electron chi connectivity index (χ1n) is 9.21. The smallest absolute Gasteiger partial charge is 0.254 e. The van der Waals surface area contributed by atoms with E-state index in [0.29, 0.717) is 11.3 Å². The molecule has 0 unspecified atom stereocenters. The molecule has 1 atom stereocenters. The molecular formula is C24H22N2O2. The van der Waals surface area contributed by atoms with Crippen molar-refractivity contribution in [2.24, 2.45) is 0 Å². The Morgan fingerprint density at radius 2 is 1.71 bits per heavy atom. The lowest BCUT2D eigenvalue weighted by Gasteiger charge is -2.29. The van der Waals surface area contributed by atoms with E-state index >= 15 is 0 Å². The maximum absolute atomic E-state index is 13.3. The molecule has 0 aliphatic carbocycles. The second kappa shape index (κ2) is 7.61. The van der Waals surface area contributed by atoms with Crippen LogP contribution in [0.3, 0.4) is 0 Å². The van der Waals surface area contributed by atoms with Gasteiger partial charge in [-0.15, -0.1) is 0 Å². The molecule has 0 aliphatic rings. The second-order valence-electron chi connectivity index (χ2n) is 6.75. The predicted octanol–water partition coefficient (Wildman–Crippen LogP) is 5.04. The molecular weight excluding hydrogens is 348 g/mol. The Bertz CT molecular complexity index is 1100. The minimum atomic E-state index is -0.212. The van der Waals surface area contributed by atoms with Crippen LogP contribution in [0.1, 0.15) is 27.5 Å². The van der Waals surface area contributed by atoms with Crippen molar-refractivity contribution in [3.8, 4) is 5.75 Å². The number of rotatable bonds is 5. The number of nitrogens with one attached hydrogen (secondary N) is 1. The fraction of sp³-hybridized carbons (Fsp3) is 0.125. The zero-order chi connectivity index (χ0) is 19.5. The van der Waals surface area contributed by atoms with E-state index < -0.39 is 0 Å². The van der Waals surface area contributed by atoms with Gasteiger partial charge in [0.1, 0.15) is 5.75 Å². The van der Waals surface area contributed by atoms with E-state index in [1.165, 1.54) is 0 Å². The van der Waals surface area contributed by atoms with Gasteiger partial charge >= 0.3 is 0 Å². The van der Waals surface area contributed by atoms with Crippen molar-refractivity contribution in [2.45, 2.75) is 6.04 Å². The second-order valence-corrected chi connectivity index (χ2v) is 6.75. The van der Waals surface area contributed by atoms with Gasteiger partial charge in [0.05, 0.1) is 13.2 Å². The number of aromatic amines is 1. The van der Waals surface area contributed by atoms with Gasteiger partial charge in [-0.2, -0.15) is 0 Å². The average molecular weight is 370 g/mol. The highest BCUT2D eigenvalue weighted by molar-refractivity contribution is 5.95. The molecule has 0 radical (unpaired) electrons. The van der Waals surface area contributed by atoms with E-state index in [1.807, 2.05) is 67.8 Å². The van der Waals surface area contributed by atoms with E-state index in [2.05, 4.69) is 23.2 Å². The number of ether oxygens (including phenoxy) is 1. The number of para-hydroxylation sites is 1. The van der Waals surface area contributed by atoms with Crippen molar-refractivity contribution < 1.29 is 9.53 Å². The van der Waals surface area contributed by atoms with Crippen LogP contribution in [-0.2, 0) is 0 Å². The lowest BCUT2D eigenvalue weighted by atomic mass is 9.96. The summed E-state index contributed by atoms with van der Waals surface area (Å²) in [6, 6.07) is 25.3. The molecule has 140 valence electrons. The van der Waals surface area contributed by atoms with Crippen LogP contribution in [0.25, 0.3) is 10.9 Å². The zero-order valence-electron chi connectivity index (χ0n) is 15.9. The third kappa shape index (κ3) is 3.25. The lowest BCUT2D eigenvalue weighted by molar-refractivity contribution is 0.0755. The van der Waals surface area contributed by atoms with Crippen molar-refractivity contribution in [1.29, 1.82) is 0 Å². The summed E-state index contributed by atoms with van der Waals surface area (Å²) in [6.07, 6.45) is 2.00. The molecule has 4 heteroatoms. The number of fused-ring (bicyclic) bond motifs is 1. The van der Waals surface area contributed by atoms with Gasteiger partial charge in [-0.25, -0.2) is 0 Å². The highest BCUT2D eigenvalue weighted by atomic mass is 16.5. The van der Waals surface area contributed by atoms with Gasteiger partial charge < -0.3 is 14.6 Å². The lowest BCUT2D eigenvalue weighted by Crippen LogP contribution is -2.32. The van der Waals surface area contributed by atoms with Gasteiger partial charge in [0.15, 0.2) is 0 Å². The highest BCUT2D eigenvalue weighted by Crippen LogP contribution is 2.34. The number of H-pyrrole nitrogens is 1. The third-order valence-electron chi connectivity index (χ3n) is 5.06. The molecule has 0 bridgehead atoms. The van der Waals surface area contributed by atoms with E-state index in [-0.39, 0.29) is 11.9 Å². The first-order chi connectivity index (χ1) is 13.7. The van der Waals surface area contributed by atoms with Crippen LogP contribution < -0.4 is 4.74 Å². The standard InChI is InChI=1S/C24H22N2O2/c1-26(24(27)18-11-8-12-19(15-18)28-2)23(17-9-4-3-5-10-17)21-16-25-22-14-7-6-13-20(21)22/h3-16,23,25H,1-2H3/t23-/m0/s1. The molecule has 1 amide bonds. The van der Waals surface area contributed by atoms with E-state index in [4.69, 9.17) is 4.74 Å². The van der Waals surface area contributed by atoms with E-state index in [0.717, 1.165) is 22.0 Å². The fourth-order valence-electron chi connectivity index (χ4n) is 3.64. The van der Waals surface area contributed by atoms with Gasteiger partial charge in [-0.05, 0) is 29.8 Å². The van der Waals surface area contributed by atoms with Crippen LogP contribution in [-0.4, -0.2) is 29.9 Å². The molecule has 28 heavy (non-hydrogen) atoms. The van der Waals surface area contributed by atoms with Crippen LogP contribution in [0, 0.1) is 0 Å². The summed E-state index contributed by atoms with van der Waals surface area (Å²) in [5.41, 5.74) is 3.79. The SMILES string of the molecule is COc1cccc(C(=O)N(C)[C@@H](c2ccccc2)c2c[nH]c3ccccc23)c1. The predicted molar refractivity (Wildman–Crippen MR) is 112 cm³/mol. The molecule has 1 heterocycles. The van der Waals surface area contributed by atoms with Crippen LogP contribution >= 0.6 is 0 Å². The quantitative estimate of drug-likeness (QED) is 0.535. The van der Waals surface area contributed by atoms with E-state index in [1.54, 1.807) is 18.1 Å². The summed E-state index contributed by atoms with van der Waals surface area (Å²) in [7, 11) is 3.45. The van der Waals surface area contributed by atoms with Crippen LogP contribution in [0.5, 0.6) is 5.75 Å². The Morgan fingerprint density at radius 3 is 2.50 bits per heavy atom. The molecule has 4 aromatic rings. The van der Waals surface area contributed by atoms with Crippen LogP contribution in [0.4, 0.5) is 0 Å². The number of hydrogen-bond acceptors (Lipinski definition) is 2. The topological polar surface area (TPSA) is 45.3 Å². The van der Waals surface area contributed by atoms with Crippen molar-refractivity contribution in [3.05, 3.63) is 102 Å². The van der Waals surface area contributed by atoms with Crippen LogP contribution in [0.2, 0.25) is 0 Å². The third-order valence-corrected chi connectivity index (χ3v) is 5.06.